The molecule has 0 atom stereocenters. The topological polar surface area (TPSA) is 49.4 Å². The molecule has 1 saturated heterocycles. The van der Waals surface area contributed by atoms with Crippen molar-refractivity contribution in [2.45, 2.75) is 25.3 Å². The van der Waals surface area contributed by atoms with Crippen molar-refractivity contribution in [2.75, 3.05) is 31.1 Å². The molecule has 0 aromatic carbocycles. The molecule has 19 heavy (non-hydrogen) atoms. The highest BCUT2D eigenvalue weighted by molar-refractivity contribution is 7.99. The Labute approximate surface area is 123 Å². The summed E-state index contributed by atoms with van der Waals surface area (Å²) in [7, 11) is -3.29. The fourth-order valence-electron chi connectivity index (χ4n) is 2.04. The SMILES string of the molecule is CCNCc1cc(S(=O)(=O)N2CCSCC2)c(C)s1. The number of hydrogen-bond acceptors (Lipinski definition) is 5. The van der Waals surface area contributed by atoms with Crippen LogP contribution < -0.4 is 5.32 Å². The minimum Gasteiger partial charge on any atom is -0.312 e. The third-order valence-electron chi connectivity index (χ3n) is 3.06. The van der Waals surface area contributed by atoms with Gasteiger partial charge in [-0.25, -0.2) is 8.42 Å². The minimum absolute atomic E-state index is 0.498. The number of hydrogen-bond donors (Lipinski definition) is 1. The predicted octanol–water partition coefficient (Wildman–Crippen LogP) is 1.90. The molecule has 0 bridgehead atoms. The molecule has 2 heterocycles. The first kappa shape index (κ1) is 15.3. The van der Waals surface area contributed by atoms with E-state index in [-0.39, 0.29) is 0 Å². The van der Waals surface area contributed by atoms with E-state index in [1.807, 2.05) is 31.7 Å². The quantitative estimate of drug-likeness (QED) is 0.900. The van der Waals surface area contributed by atoms with Gasteiger partial charge in [0.25, 0.3) is 0 Å². The zero-order chi connectivity index (χ0) is 13.9. The maximum Gasteiger partial charge on any atom is 0.244 e. The Morgan fingerprint density at radius 3 is 2.68 bits per heavy atom. The average molecular weight is 321 g/mol. The molecule has 0 aliphatic carbocycles. The molecule has 1 aromatic heterocycles. The van der Waals surface area contributed by atoms with Crippen molar-refractivity contribution < 1.29 is 8.42 Å². The van der Waals surface area contributed by atoms with E-state index in [4.69, 9.17) is 0 Å². The van der Waals surface area contributed by atoms with Crippen molar-refractivity contribution in [3.63, 3.8) is 0 Å². The summed E-state index contributed by atoms with van der Waals surface area (Å²) in [4.78, 5) is 2.48. The van der Waals surface area contributed by atoms with E-state index in [0.717, 1.165) is 34.3 Å². The van der Waals surface area contributed by atoms with E-state index in [2.05, 4.69) is 5.32 Å². The van der Waals surface area contributed by atoms with Gasteiger partial charge in [-0.2, -0.15) is 16.1 Å². The van der Waals surface area contributed by atoms with Gasteiger partial charge >= 0.3 is 0 Å². The fourth-order valence-corrected chi connectivity index (χ4v) is 6.19. The molecule has 1 aliphatic rings. The summed E-state index contributed by atoms with van der Waals surface area (Å²) in [6.45, 7) is 6.83. The van der Waals surface area contributed by atoms with Crippen LogP contribution in [0.15, 0.2) is 11.0 Å². The zero-order valence-electron chi connectivity index (χ0n) is 11.3. The summed E-state index contributed by atoms with van der Waals surface area (Å²) in [6, 6.07) is 1.83. The van der Waals surface area contributed by atoms with E-state index in [0.29, 0.717) is 18.0 Å². The number of thioether (sulfide) groups is 1. The Balaban J connectivity index is 2.21. The average Bonchev–Trinajstić information content (AvgIpc) is 2.79. The predicted molar refractivity (Wildman–Crippen MR) is 82.5 cm³/mol. The summed E-state index contributed by atoms with van der Waals surface area (Å²) in [5.74, 6) is 1.79. The summed E-state index contributed by atoms with van der Waals surface area (Å²) < 4.78 is 26.8. The van der Waals surface area contributed by atoms with E-state index >= 15 is 0 Å². The first-order chi connectivity index (χ1) is 9.05. The van der Waals surface area contributed by atoms with Crippen molar-refractivity contribution >= 4 is 33.1 Å². The number of rotatable bonds is 5. The second-order valence-electron chi connectivity index (χ2n) is 4.43. The second kappa shape index (κ2) is 6.58. The van der Waals surface area contributed by atoms with Crippen molar-refractivity contribution in [1.29, 1.82) is 0 Å². The van der Waals surface area contributed by atoms with Gasteiger partial charge in [0.05, 0.1) is 4.90 Å². The highest BCUT2D eigenvalue weighted by Crippen LogP contribution is 2.29. The van der Waals surface area contributed by atoms with Crippen LogP contribution in [0.1, 0.15) is 16.7 Å². The largest absolute Gasteiger partial charge is 0.312 e. The molecule has 1 N–H and O–H groups in total. The van der Waals surface area contributed by atoms with Crippen LogP contribution in [-0.4, -0.2) is 43.9 Å². The summed E-state index contributed by atoms with van der Waals surface area (Å²) >= 11 is 3.39. The number of thiophene rings is 1. The maximum absolute atomic E-state index is 12.6. The van der Waals surface area contributed by atoms with E-state index in [1.54, 1.807) is 15.6 Å². The van der Waals surface area contributed by atoms with Crippen molar-refractivity contribution in [3.8, 4) is 0 Å². The summed E-state index contributed by atoms with van der Waals surface area (Å²) in [6.07, 6.45) is 0. The number of aryl methyl sites for hydroxylation is 1. The molecular formula is C12H20N2O2S3. The van der Waals surface area contributed by atoms with Gasteiger partial charge < -0.3 is 5.32 Å². The molecule has 0 amide bonds. The van der Waals surface area contributed by atoms with Gasteiger partial charge in [-0.15, -0.1) is 11.3 Å². The molecule has 0 radical (unpaired) electrons. The fraction of sp³-hybridized carbons (Fsp3) is 0.667. The van der Waals surface area contributed by atoms with Gasteiger partial charge in [0, 0.05) is 40.9 Å². The molecule has 7 heteroatoms. The Morgan fingerprint density at radius 1 is 1.37 bits per heavy atom. The maximum atomic E-state index is 12.6. The number of nitrogens with one attached hydrogen (secondary N) is 1. The molecule has 1 fully saturated rings. The van der Waals surface area contributed by atoms with E-state index in [1.165, 1.54) is 0 Å². The normalized spacial score (nSPS) is 17.8. The van der Waals surface area contributed by atoms with Gasteiger partial charge in [-0.1, -0.05) is 6.92 Å². The molecule has 1 aliphatic heterocycles. The van der Waals surface area contributed by atoms with Crippen LogP contribution in [0.5, 0.6) is 0 Å². The standard InChI is InChI=1S/C12H20N2O2S3/c1-3-13-9-11-8-12(10(2)18-11)19(15,16)14-4-6-17-7-5-14/h8,13H,3-7,9H2,1-2H3. The molecule has 4 nitrogen and oxygen atoms in total. The van der Waals surface area contributed by atoms with Crippen LogP contribution in [0.25, 0.3) is 0 Å². The molecule has 1 aromatic rings. The van der Waals surface area contributed by atoms with Gasteiger partial charge in [-0.05, 0) is 19.5 Å². The number of sulfonamides is 1. The highest BCUT2D eigenvalue weighted by atomic mass is 32.2. The molecule has 0 spiro atoms. The second-order valence-corrected chi connectivity index (χ2v) is 8.90. The van der Waals surface area contributed by atoms with Crippen LogP contribution in [0.3, 0.4) is 0 Å². The lowest BCUT2D eigenvalue weighted by molar-refractivity contribution is 0.443. The first-order valence-corrected chi connectivity index (χ1v) is 9.84. The molecule has 0 saturated carbocycles. The van der Waals surface area contributed by atoms with Crippen molar-refractivity contribution in [2.24, 2.45) is 0 Å². The first-order valence-electron chi connectivity index (χ1n) is 6.43. The van der Waals surface area contributed by atoms with Crippen molar-refractivity contribution in [3.05, 3.63) is 15.8 Å². The Kier molecular flexibility index (Phi) is 5.30. The number of nitrogens with zero attached hydrogens (tertiary/aromatic N) is 1. The lowest BCUT2D eigenvalue weighted by Gasteiger charge is -2.25. The van der Waals surface area contributed by atoms with Crippen LogP contribution >= 0.6 is 23.1 Å². The summed E-state index contributed by atoms with van der Waals surface area (Å²) in [5, 5.41) is 3.23. The molecule has 108 valence electrons. The third kappa shape index (κ3) is 3.52. The third-order valence-corrected chi connectivity index (χ3v) is 7.21. The summed E-state index contributed by atoms with van der Waals surface area (Å²) in [5.41, 5.74) is 0. The lowest BCUT2D eigenvalue weighted by Crippen LogP contribution is -2.37. The molecule has 2 rings (SSSR count). The Bertz CT molecular complexity index is 519. The minimum atomic E-state index is -3.29. The zero-order valence-corrected chi connectivity index (χ0v) is 13.8. The van der Waals surface area contributed by atoms with Crippen LogP contribution in [-0.2, 0) is 16.6 Å². The van der Waals surface area contributed by atoms with Gasteiger partial charge in [0.1, 0.15) is 0 Å². The van der Waals surface area contributed by atoms with Crippen molar-refractivity contribution in [1.82, 2.24) is 9.62 Å². The smallest absolute Gasteiger partial charge is 0.244 e. The van der Waals surface area contributed by atoms with Gasteiger partial charge in [0.15, 0.2) is 0 Å². The van der Waals surface area contributed by atoms with Crippen LogP contribution in [0.4, 0.5) is 0 Å². The van der Waals surface area contributed by atoms with Gasteiger partial charge in [0.2, 0.25) is 10.0 Å². The Hall–Kier alpha value is -0.0800. The monoisotopic (exact) mass is 320 g/mol. The molecular weight excluding hydrogens is 300 g/mol. The van der Waals surface area contributed by atoms with Crippen LogP contribution in [0, 0.1) is 6.92 Å². The van der Waals surface area contributed by atoms with E-state index in [9.17, 15) is 8.42 Å². The lowest BCUT2D eigenvalue weighted by atomic mass is 10.4. The Morgan fingerprint density at radius 2 is 2.05 bits per heavy atom. The highest BCUT2D eigenvalue weighted by Gasteiger charge is 2.28. The molecule has 0 unspecified atom stereocenters. The van der Waals surface area contributed by atoms with Gasteiger partial charge in [-0.3, -0.25) is 0 Å². The van der Waals surface area contributed by atoms with E-state index < -0.39 is 10.0 Å². The van der Waals surface area contributed by atoms with Crippen LogP contribution in [0.2, 0.25) is 0 Å².